The summed E-state index contributed by atoms with van der Waals surface area (Å²) in [6.45, 7) is 4.92. The number of hydrogen-bond donors (Lipinski definition) is 0. The molecule has 0 heterocycles. The Morgan fingerprint density at radius 2 is 1.62 bits per heavy atom. The van der Waals surface area contributed by atoms with Crippen LogP contribution in [0.1, 0.15) is 58.8 Å². The molecule has 0 aromatic heterocycles. The van der Waals surface area contributed by atoms with Crippen molar-refractivity contribution in [3.63, 3.8) is 0 Å². The highest BCUT2D eigenvalue weighted by molar-refractivity contribution is 4.80. The molecule has 2 aliphatic rings. The van der Waals surface area contributed by atoms with Crippen LogP contribution in [0, 0.1) is 23.7 Å². The van der Waals surface area contributed by atoms with Crippen LogP contribution in [0.4, 0.5) is 0 Å². The lowest BCUT2D eigenvalue weighted by Crippen LogP contribution is -2.19. The molecule has 0 aromatic rings. The Bertz CT molecular complexity index is 149. The van der Waals surface area contributed by atoms with Crippen LogP contribution in [0.5, 0.6) is 0 Å². The Balaban J connectivity index is 1.72. The fourth-order valence-electron chi connectivity index (χ4n) is 2.93. The van der Waals surface area contributed by atoms with Gasteiger partial charge in [-0.1, -0.05) is 39.5 Å². The van der Waals surface area contributed by atoms with Crippen molar-refractivity contribution in [2.75, 3.05) is 0 Å². The molecule has 1 unspecified atom stereocenters. The largest absolute Gasteiger partial charge is 0.0625 e. The standard InChI is InChI=1S/C13H24/c1-10-3-7-13(8-4-10)11(2)9-12-5-6-12/h10-13H,3-9H2,1-2H3. The molecule has 0 radical (unpaired) electrons. The third-order valence-corrected chi connectivity index (χ3v) is 4.27. The van der Waals surface area contributed by atoms with Gasteiger partial charge in [-0.3, -0.25) is 0 Å². The Hall–Kier alpha value is 0. The molecule has 0 nitrogen and oxygen atoms in total. The Labute approximate surface area is 83.1 Å². The average Bonchev–Trinajstić information content (AvgIpc) is 2.89. The van der Waals surface area contributed by atoms with E-state index in [-0.39, 0.29) is 0 Å². The fraction of sp³-hybridized carbons (Fsp3) is 1.00. The van der Waals surface area contributed by atoms with E-state index in [1.54, 1.807) is 6.42 Å². The summed E-state index contributed by atoms with van der Waals surface area (Å²) in [5, 5.41) is 0. The molecule has 2 fully saturated rings. The van der Waals surface area contributed by atoms with Gasteiger partial charge in [0.1, 0.15) is 0 Å². The predicted molar refractivity (Wildman–Crippen MR) is 57.6 cm³/mol. The third-order valence-electron chi connectivity index (χ3n) is 4.27. The van der Waals surface area contributed by atoms with Gasteiger partial charge in [0.05, 0.1) is 0 Å². The van der Waals surface area contributed by atoms with E-state index in [9.17, 15) is 0 Å². The van der Waals surface area contributed by atoms with Crippen LogP contribution < -0.4 is 0 Å². The number of hydrogen-bond acceptors (Lipinski definition) is 0. The third kappa shape index (κ3) is 2.72. The summed E-state index contributed by atoms with van der Waals surface area (Å²) in [7, 11) is 0. The second-order valence-electron chi connectivity index (χ2n) is 5.68. The van der Waals surface area contributed by atoms with Gasteiger partial charge in [-0.15, -0.1) is 0 Å². The van der Waals surface area contributed by atoms with Crippen LogP contribution in [0.3, 0.4) is 0 Å². The molecule has 76 valence electrons. The maximum atomic E-state index is 2.50. The van der Waals surface area contributed by atoms with Crippen LogP contribution in [-0.4, -0.2) is 0 Å². The first-order valence-electron chi connectivity index (χ1n) is 6.25. The molecule has 0 spiro atoms. The van der Waals surface area contributed by atoms with Gasteiger partial charge in [-0.05, 0) is 42.9 Å². The SMILES string of the molecule is CC1CCC(C(C)CC2CC2)CC1. The molecule has 0 bridgehead atoms. The Kier molecular flexibility index (Phi) is 2.96. The molecule has 2 rings (SSSR count). The molecule has 2 saturated carbocycles. The summed E-state index contributed by atoms with van der Waals surface area (Å²) in [5.74, 6) is 4.26. The normalized spacial score (nSPS) is 37.4. The molecule has 0 N–H and O–H groups in total. The van der Waals surface area contributed by atoms with Crippen molar-refractivity contribution in [1.82, 2.24) is 0 Å². The number of rotatable bonds is 3. The predicted octanol–water partition coefficient (Wildman–Crippen LogP) is 4.25. The van der Waals surface area contributed by atoms with Crippen molar-refractivity contribution in [3.8, 4) is 0 Å². The average molecular weight is 180 g/mol. The van der Waals surface area contributed by atoms with E-state index in [0.29, 0.717) is 0 Å². The molecule has 0 amide bonds. The molecule has 0 aromatic carbocycles. The van der Waals surface area contributed by atoms with Gasteiger partial charge >= 0.3 is 0 Å². The second-order valence-corrected chi connectivity index (χ2v) is 5.68. The zero-order valence-electron chi connectivity index (χ0n) is 9.26. The van der Waals surface area contributed by atoms with Crippen molar-refractivity contribution in [2.24, 2.45) is 23.7 Å². The van der Waals surface area contributed by atoms with Gasteiger partial charge in [0.25, 0.3) is 0 Å². The van der Waals surface area contributed by atoms with Gasteiger partial charge in [0.15, 0.2) is 0 Å². The zero-order valence-corrected chi connectivity index (χ0v) is 9.26. The summed E-state index contributed by atoms with van der Waals surface area (Å²) in [6, 6.07) is 0. The minimum Gasteiger partial charge on any atom is -0.0625 e. The van der Waals surface area contributed by atoms with E-state index in [4.69, 9.17) is 0 Å². The van der Waals surface area contributed by atoms with Gasteiger partial charge in [0, 0.05) is 0 Å². The summed E-state index contributed by atoms with van der Waals surface area (Å²) >= 11 is 0. The van der Waals surface area contributed by atoms with Crippen LogP contribution >= 0.6 is 0 Å². The molecule has 13 heavy (non-hydrogen) atoms. The van der Waals surface area contributed by atoms with Crippen molar-refractivity contribution < 1.29 is 0 Å². The van der Waals surface area contributed by atoms with Crippen LogP contribution in [0.2, 0.25) is 0 Å². The van der Waals surface area contributed by atoms with Gasteiger partial charge in [-0.2, -0.15) is 0 Å². The quantitative estimate of drug-likeness (QED) is 0.609. The van der Waals surface area contributed by atoms with Crippen LogP contribution in [0.15, 0.2) is 0 Å². The Morgan fingerprint density at radius 3 is 2.15 bits per heavy atom. The summed E-state index contributed by atoms with van der Waals surface area (Å²) in [6.07, 6.45) is 10.7. The minimum atomic E-state index is 1.02. The lowest BCUT2D eigenvalue weighted by molar-refractivity contribution is 0.210. The summed E-state index contributed by atoms with van der Waals surface area (Å²) < 4.78 is 0. The summed E-state index contributed by atoms with van der Waals surface area (Å²) in [5.41, 5.74) is 0. The highest BCUT2D eigenvalue weighted by atomic mass is 14.3. The molecular weight excluding hydrogens is 156 g/mol. The van der Waals surface area contributed by atoms with Crippen molar-refractivity contribution in [3.05, 3.63) is 0 Å². The molecular formula is C13H24. The van der Waals surface area contributed by atoms with Gasteiger partial charge in [-0.25, -0.2) is 0 Å². The van der Waals surface area contributed by atoms with Crippen LogP contribution in [-0.2, 0) is 0 Å². The van der Waals surface area contributed by atoms with Crippen molar-refractivity contribution in [1.29, 1.82) is 0 Å². The van der Waals surface area contributed by atoms with E-state index in [2.05, 4.69) is 13.8 Å². The lowest BCUT2D eigenvalue weighted by atomic mass is 9.75. The minimum absolute atomic E-state index is 1.02. The molecule has 1 atom stereocenters. The monoisotopic (exact) mass is 180 g/mol. The van der Waals surface area contributed by atoms with E-state index >= 15 is 0 Å². The molecule has 0 saturated heterocycles. The zero-order chi connectivity index (χ0) is 9.26. The van der Waals surface area contributed by atoms with Crippen LogP contribution in [0.25, 0.3) is 0 Å². The van der Waals surface area contributed by atoms with E-state index in [1.807, 2.05) is 0 Å². The summed E-state index contributed by atoms with van der Waals surface area (Å²) in [4.78, 5) is 0. The highest BCUT2D eigenvalue weighted by Crippen LogP contribution is 2.41. The van der Waals surface area contributed by atoms with Crippen molar-refractivity contribution >= 4 is 0 Å². The molecule has 0 aliphatic heterocycles. The maximum absolute atomic E-state index is 2.50. The first kappa shape index (κ1) is 9.55. The second kappa shape index (κ2) is 4.02. The topological polar surface area (TPSA) is 0 Å². The highest BCUT2D eigenvalue weighted by Gasteiger charge is 2.29. The molecule has 0 heteroatoms. The lowest BCUT2D eigenvalue weighted by Gasteiger charge is -2.30. The van der Waals surface area contributed by atoms with E-state index in [0.717, 1.165) is 23.7 Å². The fourth-order valence-corrected chi connectivity index (χ4v) is 2.93. The van der Waals surface area contributed by atoms with Gasteiger partial charge in [0.2, 0.25) is 0 Å². The first-order valence-corrected chi connectivity index (χ1v) is 6.25. The van der Waals surface area contributed by atoms with E-state index in [1.165, 1.54) is 38.5 Å². The molecule has 2 aliphatic carbocycles. The van der Waals surface area contributed by atoms with E-state index < -0.39 is 0 Å². The maximum Gasteiger partial charge on any atom is -0.0388 e. The smallest absolute Gasteiger partial charge is 0.0388 e. The first-order chi connectivity index (χ1) is 6.25. The van der Waals surface area contributed by atoms with Gasteiger partial charge < -0.3 is 0 Å². The van der Waals surface area contributed by atoms with Crippen molar-refractivity contribution in [2.45, 2.75) is 58.8 Å². The Morgan fingerprint density at radius 1 is 1.00 bits per heavy atom.